The number of amides is 2. The topological polar surface area (TPSA) is 120 Å². The molecule has 240 valence electrons. The van der Waals surface area contributed by atoms with Crippen LogP contribution in [-0.4, -0.2) is 83.5 Å². The second kappa shape index (κ2) is 15.5. The number of hydrogen-bond acceptors (Lipinski definition) is 8. The highest BCUT2D eigenvalue weighted by molar-refractivity contribution is 5.77. The Labute approximate surface area is 257 Å². The molecule has 1 saturated heterocycles. The van der Waals surface area contributed by atoms with Gasteiger partial charge >= 0.3 is 6.09 Å². The Bertz CT molecular complexity index is 1160. The van der Waals surface area contributed by atoms with E-state index in [4.69, 9.17) is 14.2 Å². The molecule has 1 aromatic heterocycles. The van der Waals surface area contributed by atoms with E-state index in [2.05, 4.69) is 55.6 Å². The standard InChI is InChI=1S/C32H52N6O5/c1-9-23(2)24(3)32(7,8)28-21-38(36-35-28)17-19-41-18-15-34-29(39)22-42-26-12-10-25(11-13-26)27-20-37(16-14-33-27)30(40)43-31(4,5)6/h10-13,21,23-24,27,33H,9,14-20,22H2,1-8H3,(H,34,39). The Balaban J connectivity index is 1.31. The van der Waals surface area contributed by atoms with E-state index >= 15 is 0 Å². The summed E-state index contributed by atoms with van der Waals surface area (Å²) < 4.78 is 18.7. The first kappa shape index (κ1) is 34.3. The maximum Gasteiger partial charge on any atom is 0.410 e. The molecule has 3 unspecified atom stereocenters. The van der Waals surface area contributed by atoms with Crippen LogP contribution in [0.1, 0.15) is 79.1 Å². The summed E-state index contributed by atoms with van der Waals surface area (Å²) in [5.41, 5.74) is 1.45. The minimum Gasteiger partial charge on any atom is -0.484 e. The molecule has 0 aliphatic carbocycles. The van der Waals surface area contributed by atoms with Crippen LogP contribution >= 0.6 is 0 Å². The van der Waals surface area contributed by atoms with Gasteiger partial charge in [-0.05, 0) is 50.3 Å². The van der Waals surface area contributed by atoms with Gasteiger partial charge in [-0.3, -0.25) is 4.79 Å². The van der Waals surface area contributed by atoms with Crippen molar-refractivity contribution in [3.8, 4) is 5.75 Å². The number of carbonyl (C=O) groups excluding carboxylic acids is 2. The molecular formula is C32H52N6O5. The fourth-order valence-corrected chi connectivity index (χ4v) is 4.99. The predicted octanol–water partition coefficient (Wildman–Crippen LogP) is 4.33. The van der Waals surface area contributed by atoms with Gasteiger partial charge in [0.05, 0.1) is 31.5 Å². The van der Waals surface area contributed by atoms with Crippen molar-refractivity contribution in [3.05, 3.63) is 41.7 Å². The van der Waals surface area contributed by atoms with Gasteiger partial charge in [0.2, 0.25) is 0 Å². The van der Waals surface area contributed by atoms with E-state index in [0.29, 0.717) is 63.5 Å². The highest BCUT2D eigenvalue weighted by Gasteiger charge is 2.33. The number of ether oxygens (including phenoxy) is 3. The zero-order valence-corrected chi connectivity index (χ0v) is 27.3. The SMILES string of the molecule is CCC(C)C(C)C(C)(C)c1cn(CCOCCNC(=O)COc2ccc(C3CN(C(=O)OC(C)(C)C)CCN3)cc2)nn1. The van der Waals surface area contributed by atoms with Crippen molar-refractivity contribution in [2.75, 3.05) is 46.0 Å². The van der Waals surface area contributed by atoms with Crippen LogP contribution in [0.3, 0.4) is 0 Å². The highest BCUT2D eigenvalue weighted by atomic mass is 16.6. The lowest BCUT2D eigenvalue weighted by Gasteiger charge is -2.35. The first-order valence-corrected chi connectivity index (χ1v) is 15.5. The number of rotatable bonds is 14. The van der Waals surface area contributed by atoms with Crippen molar-refractivity contribution >= 4 is 12.0 Å². The summed E-state index contributed by atoms with van der Waals surface area (Å²) in [6.45, 7) is 20.4. The normalized spacial score (nSPS) is 17.3. The van der Waals surface area contributed by atoms with Gasteiger partial charge in [0.25, 0.3) is 5.91 Å². The molecule has 0 bridgehead atoms. The van der Waals surface area contributed by atoms with E-state index < -0.39 is 5.60 Å². The minimum absolute atomic E-state index is 0.00428. The van der Waals surface area contributed by atoms with Crippen LogP contribution in [0.4, 0.5) is 4.79 Å². The molecule has 1 aliphatic heterocycles. The largest absolute Gasteiger partial charge is 0.484 e. The molecule has 2 aromatic rings. The molecule has 43 heavy (non-hydrogen) atoms. The average molecular weight is 601 g/mol. The zero-order valence-electron chi connectivity index (χ0n) is 27.3. The van der Waals surface area contributed by atoms with Crippen LogP contribution < -0.4 is 15.4 Å². The van der Waals surface area contributed by atoms with E-state index in [9.17, 15) is 9.59 Å². The maximum absolute atomic E-state index is 12.5. The van der Waals surface area contributed by atoms with Gasteiger partial charge in [-0.25, -0.2) is 9.48 Å². The fourth-order valence-electron chi connectivity index (χ4n) is 4.99. The lowest BCUT2D eigenvalue weighted by molar-refractivity contribution is -0.123. The van der Waals surface area contributed by atoms with Crippen LogP contribution in [0.25, 0.3) is 0 Å². The maximum atomic E-state index is 12.5. The van der Waals surface area contributed by atoms with Crippen molar-refractivity contribution in [3.63, 3.8) is 0 Å². The van der Waals surface area contributed by atoms with Crippen LogP contribution in [0.5, 0.6) is 5.75 Å². The van der Waals surface area contributed by atoms with E-state index in [1.165, 1.54) is 0 Å². The van der Waals surface area contributed by atoms with Crippen molar-refractivity contribution in [1.82, 2.24) is 30.5 Å². The summed E-state index contributed by atoms with van der Waals surface area (Å²) in [7, 11) is 0. The lowest BCUT2D eigenvalue weighted by Crippen LogP contribution is -2.49. The highest BCUT2D eigenvalue weighted by Crippen LogP contribution is 2.36. The second-order valence-electron chi connectivity index (χ2n) is 13.0. The Morgan fingerprint density at radius 2 is 1.84 bits per heavy atom. The summed E-state index contributed by atoms with van der Waals surface area (Å²) in [6, 6.07) is 7.56. The van der Waals surface area contributed by atoms with Gasteiger partial charge in [0.1, 0.15) is 11.4 Å². The van der Waals surface area contributed by atoms with Crippen LogP contribution in [0.2, 0.25) is 0 Å². The number of nitrogens with one attached hydrogen (secondary N) is 2. The van der Waals surface area contributed by atoms with Gasteiger partial charge in [-0.1, -0.05) is 58.4 Å². The number of hydrogen-bond donors (Lipinski definition) is 2. The first-order valence-electron chi connectivity index (χ1n) is 15.5. The zero-order chi connectivity index (χ0) is 31.6. The number of nitrogens with zero attached hydrogens (tertiary/aromatic N) is 4. The summed E-state index contributed by atoms with van der Waals surface area (Å²) in [5, 5.41) is 15.0. The first-order chi connectivity index (χ1) is 20.3. The molecule has 0 spiro atoms. The molecule has 0 saturated carbocycles. The summed E-state index contributed by atoms with van der Waals surface area (Å²) in [6.07, 6.45) is 2.85. The lowest BCUT2D eigenvalue weighted by atomic mass is 9.71. The van der Waals surface area contributed by atoms with E-state index in [-0.39, 0.29) is 30.1 Å². The van der Waals surface area contributed by atoms with Crippen LogP contribution in [-0.2, 0) is 26.2 Å². The number of benzene rings is 1. The van der Waals surface area contributed by atoms with Gasteiger partial charge in [-0.15, -0.1) is 5.10 Å². The summed E-state index contributed by atoms with van der Waals surface area (Å²) in [5.74, 6) is 1.48. The molecule has 1 aliphatic rings. The predicted molar refractivity (Wildman–Crippen MR) is 166 cm³/mol. The summed E-state index contributed by atoms with van der Waals surface area (Å²) in [4.78, 5) is 26.4. The number of carbonyl (C=O) groups is 2. The molecule has 11 heteroatoms. The van der Waals surface area contributed by atoms with E-state index in [1.54, 1.807) is 4.90 Å². The van der Waals surface area contributed by atoms with E-state index in [0.717, 1.165) is 17.7 Å². The Morgan fingerprint density at radius 1 is 1.12 bits per heavy atom. The molecule has 0 radical (unpaired) electrons. The third kappa shape index (κ3) is 10.5. The molecule has 11 nitrogen and oxygen atoms in total. The van der Waals surface area contributed by atoms with Gasteiger partial charge < -0.3 is 29.7 Å². The monoisotopic (exact) mass is 600 g/mol. The smallest absolute Gasteiger partial charge is 0.410 e. The van der Waals surface area contributed by atoms with E-state index in [1.807, 2.05) is 55.9 Å². The molecule has 2 N–H and O–H groups in total. The molecule has 3 rings (SSSR count). The fraction of sp³-hybridized carbons (Fsp3) is 0.688. The quantitative estimate of drug-likeness (QED) is 0.308. The van der Waals surface area contributed by atoms with Crippen LogP contribution in [0.15, 0.2) is 30.5 Å². The van der Waals surface area contributed by atoms with Gasteiger partial charge in [-0.2, -0.15) is 0 Å². The third-order valence-corrected chi connectivity index (χ3v) is 8.35. The van der Waals surface area contributed by atoms with Crippen LogP contribution in [0, 0.1) is 11.8 Å². The number of piperazine rings is 1. The minimum atomic E-state index is -0.525. The van der Waals surface area contributed by atoms with Gasteiger partial charge in [0.15, 0.2) is 6.61 Å². The molecule has 2 amide bonds. The molecule has 1 fully saturated rings. The second-order valence-corrected chi connectivity index (χ2v) is 13.0. The molecule has 3 atom stereocenters. The molecular weight excluding hydrogens is 548 g/mol. The van der Waals surface area contributed by atoms with Crippen molar-refractivity contribution < 1.29 is 23.8 Å². The molecule has 2 heterocycles. The Morgan fingerprint density at radius 3 is 2.51 bits per heavy atom. The Hall–Kier alpha value is -3.18. The van der Waals surface area contributed by atoms with Crippen molar-refractivity contribution in [2.45, 2.75) is 85.4 Å². The number of aromatic nitrogens is 3. The third-order valence-electron chi connectivity index (χ3n) is 8.35. The average Bonchev–Trinajstić information content (AvgIpc) is 3.46. The van der Waals surface area contributed by atoms with Gasteiger partial charge in [0, 0.05) is 37.8 Å². The van der Waals surface area contributed by atoms with Crippen molar-refractivity contribution in [2.24, 2.45) is 11.8 Å². The van der Waals surface area contributed by atoms with Crippen molar-refractivity contribution in [1.29, 1.82) is 0 Å². The Kier molecular flexibility index (Phi) is 12.4. The molecule has 1 aromatic carbocycles. The summed E-state index contributed by atoms with van der Waals surface area (Å²) >= 11 is 0.